The van der Waals surface area contributed by atoms with Crippen LogP contribution in [0, 0.1) is 12.3 Å². The first-order valence-electron chi connectivity index (χ1n) is 6.22. The second kappa shape index (κ2) is 5.42. The molecule has 1 saturated heterocycles. The zero-order valence-electron chi connectivity index (χ0n) is 11.3. The minimum absolute atomic E-state index is 0.0852. The number of benzene rings is 1. The van der Waals surface area contributed by atoms with Gasteiger partial charge in [0, 0.05) is 10.6 Å². The summed E-state index contributed by atoms with van der Waals surface area (Å²) in [5.74, 6) is -1.33. The summed E-state index contributed by atoms with van der Waals surface area (Å²) in [6.07, 6.45) is 0. The molecule has 1 fully saturated rings. The van der Waals surface area contributed by atoms with Crippen LogP contribution in [0.5, 0.6) is 0 Å². The van der Waals surface area contributed by atoms with E-state index in [1.54, 1.807) is 25.1 Å². The van der Waals surface area contributed by atoms with Crippen LogP contribution in [0.25, 0.3) is 0 Å². The van der Waals surface area contributed by atoms with Crippen LogP contribution in [0.2, 0.25) is 5.02 Å². The molecule has 5 nitrogen and oxygen atoms in total. The second-order valence-corrected chi connectivity index (χ2v) is 5.72. The van der Waals surface area contributed by atoms with Gasteiger partial charge in [-0.05, 0) is 37.6 Å². The van der Waals surface area contributed by atoms with Crippen molar-refractivity contribution in [1.29, 1.82) is 0 Å². The summed E-state index contributed by atoms with van der Waals surface area (Å²) in [6.45, 7) is 3.68. The zero-order chi connectivity index (χ0) is 14.9. The average molecular weight is 298 g/mol. The third-order valence-corrected chi connectivity index (χ3v) is 3.77. The van der Waals surface area contributed by atoms with Crippen LogP contribution in [0.15, 0.2) is 18.2 Å². The van der Waals surface area contributed by atoms with Gasteiger partial charge in [0.05, 0.1) is 19.3 Å². The summed E-state index contributed by atoms with van der Waals surface area (Å²) in [4.78, 5) is 23.5. The molecule has 1 aliphatic rings. The SMILES string of the molecule is Cc1cc(Cl)cc(C(=O)NC2COCC2(C)C(=O)O)c1. The van der Waals surface area contributed by atoms with Crippen LogP contribution >= 0.6 is 11.6 Å². The van der Waals surface area contributed by atoms with Crippen molar-refractivity contribution in [3.63, 3.8) is 0 Å². The van der Waals surface area contributed by atoms with Crippen LogP contribution in [-0.2, 0) is 9.53 Å². The Kier molecular flexibility index (Phi) is 4.01. The summed E-state index contributed by atoms with van der Waals surface area (Å²) in [7, 11) is 0. The Morgan fingerprint density at radius 1 is 1.45 bits per heavy atom. The van der Waals surface area contributed by atoms with Crippen LogP contribution in [0.3, 0.4) is 0 Å². The minimum atomic E-state index is -1.11. The molecular formula is C14H16ClNO4. The largest absolute Gasteiger partial charge is 0.481 e. The highest BCUT2D eigenvalue weighted by molar-refractivity contribution is 6.31. The standard InChI is InChI=1S/C14H16ClNO4/c1-8-3-9(5-10(15)4-8)12(17)16-11-6-20-7-14(11,2)13(18)19/h3-5,11H,6-7H2,1-2H3,(H,16,17)(H,18,19). The molecule has 2 unspecified atom stereocenters. The lowest BCUT2D eigenvalue weighted by Crippen LogP contribution is -2.49. The Labute approximate surface area is 121 Å². The number of carboxylic acids is 1. The number of aliphatic carboxylic acids is 1. The van der Waals surface area contributed by atoms with Crippen molar-refractivity contribution in [3.8, 4) is 0 Å². The number of carbonyl (C=O) groups excluding carboxylic acids is 1. The van der Waals surface area contributed by atoms with Crippen LogP contribution < -0.4 is 5.32 Å². The van der Waals surface area contributed by atoms with Gasteiger partial charge in [-0.3, -0.25) is 9.59 Å². The van der Waals surface area contributed by atoms with Gasteiger partial charge in [-0.25, -0.2) is 0 Å². The van der Waals surface area contributed by atoms with E-state index >= 15 is 0 Å². The summed E-state index contributed by atoms with van der Waals surface area (Å²) in [5.41, 5.74) is 0.171. The Bertz CT molecular complexity index is 540. The van der Waals surface area contributed by atoms with Gasteiger partial charge in [-0.15, -0.1) is 0 Å². The lowest BCUT2D eigenvalue weighted by Gasteiger charge is -2.25. The number of carbonyl (C=O) groups is 2. The number of nitrogens with one attached hydrogen (secondary N) is 1. The summed E-state index contributed by atoms with van der Waals surface area (Å²) in [6, 6.07) is 4.44. The number of ether oxygens (including phenoxy) is 1. The molecule has 108 valence electrons. The van der Waals surface area contributed by atoms with Gasteiger partial charge >= 0.3 is 5.97 Å². The highest BCUT2D eigenvalue weighted by Gasteiger charge is 2.47. The lowest BCUT2D eigenvalue weighted by molar-refractivity contribution is -0.148. The molecule has 6 heteroatoms. The van der Waals surface area contributed by atoms with E-state index in [1.165, 1.54) is 0 Å². The zero-order valence-corrected chi connectivity index (χ0v) is 12.0. The number of carboxylic acid groups (broad SMARTS) is 1. The molecule has 20 heavy (non-hydrogen) atoms. The van der Waals surface area contributed by atoms with E-state index < -0.39 is 17.4 Å². The smallest absolute Gasteiger partial charge is 0.313 e. The summed E-state index contributed by atoms with van der Waals surface area (Å²) in [5, 5.41) is 12.5. The predicted molar refractivity (Wildman–Crippen MR) is 74.0 cm³/mol. The number of rotatable bonds is 3. The molecular weight excluding hydrogens is 282 g/mol. The van der Waals surface area contributed by atoms with Gasteiger partial charge in [-0.2, -0.15) is 0 Å². The molecule has 0 aliphatic carbocycles. The van der Waals surface area contributed by atoms with Gasteiger partial charge in [-0.1, -0.05) is 11.6 Å². The topological polar surface area (TPSA) is 75.6 Å². The Balaban J connectivity index is 2.17. The van der Waals surface area contributed by atoms with Gasteiger partial charge in [0.15, 0.2) is 0 Å². The molecule has 2 atom stereocenters. The molecule has 2 N–H and O–H groups in total. The first-order chi connectivity index (χ1) is 9.33. The molecule has 1 aromatic rings. The van der Waals surface area contributed by atoms with E-state index in [9.17, 15) is 14.7 Å². The molecule has 1 aromatic carbocycles. The van der Waals surface area contributed by atoms with Crippen LogP contribution in [-0.4, -0.2) is 36.2 Å². The number of halogens is 1. The Morgan fingerprint density at radius 2 is 2.15 bits per heavy atom. The van der Waals surface area contributed by atoms with Crippen molar-refractivity contribution in [2.45, 2.75) is 19.9 Å². The molecule has 1 amide bonds. The molecule has 0 spiro atoms. The summed E-state index contributed by atoms with van der Waals surface area (Å²) < 4.78 is 5.20. The highest BCUT2D eigenvalue weighted by atomic mass is 35.5. The van der Waals surface area contributed by atoms with E-state index in [2.05, 4.69) is 5.32 Å². The average Bonchev–Trinajstić information content (AvgIpc) is 2.71. The number of hydrogen-bond donors (Lipinski definition) is 2. The van der Waals surface area contributed by atoms with E-state index in [-0.39, 0.29) is 19.1 Å². The highest BCUT2D eigenvalue weighted by Crippen LogP contribution is 2.29. The van der Waals surface area contributed by atoms with E-state index in [4.69, 9.17) is 16.3 Å². The first-order valence-corrected chi connectivity index (χ1v) is 6.60. The van der Waals surface area contributed by atoms with Crippen molar-refractivity contribution in [2.24, 2.45) is 5.41 Å². The van der Waals surface area contributed by atoms with Gasteiger partial charge in [0.2, 0.25) is 0 Å². The lowest BCUT2D eigenvalue weighted by atomic mass is 9.85. The van der Waals surface area contributed by atoms with Crippen molar-refractivity contribution in [1.82, 2.24) is 5.32 Å². The third-order valence-electron chi connectivity index (χ3n) is 3.55. The van der Waals surface area contributed by atoms with Crippen molar-refractivity contribution in [2.75, 3.05) is 13.2 Å². The number of aryl methyl sites for hydroxylation is 1. The summed E-state index contributed by atoms with van der Waals surface area (Å²) >= 11 is 5.92. The molecule has 0 radical (unpaired) electrons. The molecule has 2 rings (SSSR count). The predicted octanol–water partition coefficient (Wildman–Crippen LogP) is 1.87. The monoisotopic (exact) mass is 297 g/mol. The second-order valence-electron chi connectivity index (χ2n) is 5.28. The van der Waals surface area contributed by atoms with Gasteiger partial charge < -0.3 is 15.2 Å². The van der Waals surface area contributed by atoms with Gasteiger partial charge in [0.1, 0.15) is 5.41 Å². The molecule has 0 aromatic heterocycles. The van der Waals surface area contributed by atoms with Crippen LogP contribution in [0.1, 0.15) is 22.8 Å². The van der Waals surface area contributed by atoms with Gasteiger partial charge in [0.25, 0.3) is 5.91 Å². The van der Waals surface area contributed by atoms with Crippen molar-refractivity contribution < 1.29 is 19.4 Å². The first kappa shape index (κ1) is 14.8. The normalized spacial score (nSPS) is 25.4. The van der Waals surface area contributed by atoms with Crippen molar-refractivity contribution >= 4 is 23.5 Å². The fourth-order valence-electron chi connectivity index (χ4n) is 2.19. The number of hydrogen-bond acceptors (Lipinski definition) is 3. The van der Waals surface area contributed by atoms with E-state index in [0.717, 1.165) is 5.56 Å². The van der Waals surface area contributed by atoms with E-state index in [0.29, 0.717) is 10.6 Å². The quantitative estimate of drug-likeness (QED) is 0.893. The van der Waals surface area contributed by atoms with Crippen molar-refractivity contribution in [3.05, 3.63) is 34.3 Å². The van der Waals surface area contributed by atoms with Crippen LogP contribution in [0.4, 0.5) is 0 Å². The molecule has 0 bridgehead atoms. The van der Waals surface area contributed by atoms with E-state index in [1.807, 2.05) is 6.92 Å². The molecule has 1 heterocycles. The Hall–Kier alpha value is -1.59. The Morgan fingerprint density at radius 3 is 2.75 bits per heavy atom. The third kappa shape index (κ3) is 2.78. The maximum atomic E-state index is 12.2. The number of amides is 1. The molecule has 0 saturated carbocycles. The maximum Gasteiger partial charge on any atom is 0.313 e. The fraction of sp³-hybridized carbons (Fsp3) is 0.429. The molecule has 1 aliphatic heterocycles. The maximum absolute atomic E-state index is 12.2. The fourth-order valence-corrected chi connectivity index (χ4v) is 2.48. The minimum Gasteiger partial charge on any atom is -0.481 e.